The molecular weight excluding hydrogens is 487 g/mol. The molecule has 164 valence electrons. The third-order valence-corrected chi connectivity index (χ3v) is 8.08. The van der Waals surface area contributed by atoms with E-state index in [9.17, 15) is 19.5 Å². The molecule has 2 aromatic rings. The predicted molar refractivity (Wildman–Crippen MR) is 110 cm³/mol. The van der Waals surface area contributed by atoms with Crippen molar-refractivity contribution in [2.75, 3.05) is 18.1 Å². The molecule has 12 nitrogen and oxygen atoms in total. The first-order chi connectivity index (χ1) is 14.9. The van der Waals surface area contributed by atoms with E-state index >= 15 is 0 Å². The molecular formula is C16H17N8NaO4S3. The van der Waals surface area contributed by atoms with Gasteiger partial charge in [0.15, 0.2) is 10.1 Å². The van der Waals surface area contributed by atoms with E-state index in [0.717, 1.165) is 9.35 Å². The van der Waals surface area contributed by atoms with E-state index in [-0.39, 0.29) is 65.4 Å². The van der Waals surface area contributed by atoms with E-state index in [1.807, 2.05) is 6.92 Å². The summed E-state index contributed by atoms with van der Waals surface area (Å²) in [7, 11) is 0. The van der Waals surface area contributed by atoms with E-state index in [2.05, 4.69) is 31.0 Å². The van der Waals surface area contributed by atoms with E-state index in [4.69, 9.17) is 0 Å². The number of tetrazole rings is 1. The first kappa shape index (κ1) is 25.1. The molecule has 0 saturated carbocycles. The standard InChI is InChI=1S/C16H18N8O4S3.Na/c1-8-19-20-16(31-8)30-6-9-5-29-13-2-10(11(25)3-24(13)14(9)15(27)28)18-12(26)4-23-7-17-21-22-23;/h7,10,13H,2-6H2,1H3,(H,18,26)(H,27,28);/q;+1/p-1/t10-,13+;/m0./s1. The maximum Gasteiger partial charge on any atom is 1.00 e. The van der Waals surface area contributed by atoms with Gasteiger partial charge in [0.25, 0.3) is 0 Å². The van der Waals surface area contributed by atoms with Crippen LogP contribution >= 0.6 is 34.9 Å². The van der Waals surface area contributed by atoms with Crippen LogP contribution in [0.25, 0.3) is 0 Å². The zero-order valence-electron chi connectivity index (χ0n) is 17.3. The predicted octanol–water partition coefficient (Wildman–Crippen LogP) is -4.53. The summed E-state index contributed by atoms with van der Waals surface area (Å²) >= 11 is 4.40. The van der Waals surface area contributed by atoms with Gasteiger partial charge in [-0.3, -0.25) is 9.59 Å². The molecule has 2 aromatic heterocycles. The largest absolute Gasteiger partial charge is 1.00 e. The van der Waals surface area contributed by atoms with Crippen LogP contribution in [-0.4, -0.2) is 82.4 Å². The Morgan fingerprint density at radius 1 is 1.38 bits per heavy atom. The van der Waals surface area contributed by atoms with Gasteiger partial charge in [0.1, 0.15) is 17.9 Å². The van der Waals surface area contributed by atoms with Gasteiger partial charge in [-0.1, -0.05) is 23.1 Å². The van der Waals surface area contributed by atoms with E-state index in [1.54, 1.807) is 16.7 Å². The number of carboxylic acid groups (broad SMARTS) is 1. The Labute approximate surface area is 217 Å². The van der Waals surface area contributed by atoms with E-state index < -0.39 is 12.0 Å². The average molecular weight is 505 g/mol. The van der Waals surface area contributed by atoms with Crippen molar-refractivity contribution in [3.8, 4) is 0 Å². The number of hydrogen-bond acceptors (Lipinski definition) is 13. The first-order valence-corrected chi connectivity index (χ1v) is 12.0. The summed E-state index contributed by atoms with van der Waals surface area (Å²) in [6.45, 7) is 1.64. The number of piperidine rings is 1. The van der Waals surface area contributed by atoms with Gasteiger partial charge >= 0.3 is 29.6 Å². The molecule has 4 rings (SSSR count). The molecule has 4 heterocycles. The Morgan fingerprint density at radius 3 is 2.84 bits per heavy atom. The van der Waals surface area contributed by atoms with Crippen molar-refractivity contribution in [1.82, 2.24) is 40.6 Å². The van der Waals surface area contributed by atoms with Crippen molar-refractivity contribution >= 4 is 52.5 Å². The molecule has 2 aliphatic heterocycles. The number of fused-ring (bicyclic) bond motifs is 1. The van der Waals surface area contributed by atoms with Crippen LogP contribution in [0.5, 0.6) is 0 Å². The SMILES string of the molecule is Cc1nnc(SCC2=C(C(=O)[O-])N3CC(=O)[C@@H](NC(=O)Cn4cnnn4)C[C@H]3SC2)s1.[Na+]. The number of nitrogens with zero attached hydrogens (tertiary/aromatic N) is 7. The number of thioether (sulfide) groups is 2. The number of ketones is 1. The minimum atomic E-state index is -1.30. The Balaban J connectivity index is 0.00000289. The number of aromatic nitrogens is 6. The second kappa shape index (κ2) is 11.1. The van der Waals surface area contributed by atoms with Crippen LogP contribution in [0.15, 0.2) is 21.9 Å². The Bertz CT molecular complexity index is 1030. The molecule has 1 amide bonds. The van der Waals surface area contributed by atoms with Crippen LogP contribution in [0.4, 0.5) is 0 Å². The van der Waals surface area contributed by atoms with Crippen molar-refractivity contribution < 1.29 is 49.0 Å². The first-order valence-electron chi connectivity index (χ1n) is 9.18. The Kier molecular flexibility index (Phi) is 8.68. The van der Waals surface area contributed by atoms with Gasteiger partial charge < -0.3 is 20.1 Å². The minimum Gasteiger partial charge on any atom is -0.543 e. The van der Waals surface area contributed by atoms with E-state index in [0.29, 0.717) is 23.5 Å². The number of amides is 1. The normalized spacial score (nSPS) is 20.5. The van der Waals surface area contributed by atoms with Gasteiger partial charge in [-0.25, -0.2) is 4.68 Å². The molecule has 0 spiro atoms. The summed E-state index contributed by atoms with van der Waals surface area (Å²) in [5.41, 5.74) is 0.748. The monoisotopic (exact) mass is 504 g/mol. The van der Waals surface area contributed by atoms with Crippen LogP contribution in [0, 0.1) is 6.92 Å². The van der Waals surface area contributed by atoms with Crippen LogP contribution in [0.1, 0.15) is 11.4 Å². The Morgan fingerprint density at radius 2 is 2.19 bits per heavy atom. The van der Waals surface area contributed by atoms with Gasteiger partial charge in [0, 0.05) is 17.9 Å². The molecule has 0 aromatic carbocycles. The number of Topliss-reactive ketones (excluding diaryl/α,β-unsaturated/α-hetero) is 1. The molecule has 0 aliphatic carbocycles. The summed E-state index contributed by atoms with van der Waals surface area (Å²) < 4.78 is 2.01. The Hall–Kier alpha value is -1.52. The van der Waals surface area contributed by atoms with Crippen molar-refractivity contribution in [2.45, 2.75) is 35.6 Å². The maximum absolute atomic E-state index is 12.7. The topological polar surface area (TPSA) is 159 Å². The number of rotatable bonds is 7. The van der Waals surface area contributed by atoms with Crippen molar-refractivity contribution in [2.24, 2.45) is 0 Å². The zero-order chi connectivity index (χ0) is 22.0. The van der Waals surface area contributed by atoms with Gasteiger partial charge in [0.2, 0.25) is 5.91 Å². The third kappa shape index (κ3) is 5.88. The fourth-order valence-electron chi connectivity index (χ4n) is 3.33. The second-order valence-electron chi connectivity index (χ2n) is 6.84. The molecule has 2 aliphatic rings. The van der Waals surface area contributed by atoms with Gasteiger partial charge in [0.05, 0.1) is 29.6 Å². The molecule has 0 bridgehead atoms. The number of hydrogen-bond donors (Lipinski definition) is 1. The summed E-state index contributed by atoms with van der Waals surface area (Å²) in [5.74, 6) is -1.03. The molecule has 0 radical (unpaired) electrons. The smallest absolute Gasteiger partial charge is 0.543 e. The van der Waals surface area contributed by atoms with Crippen LogP contribution in [-0.2, 0) is 20.9 Å². The summed E-state index contributed by atoms with van der Waals surface area (Å²) in [4.78, 5) is 38.4. The fraction of sp³-hybridized carbons (Fsp3) is 0.500. The third-order valence-electron chi connectivity index (χ3n) is 4.67. The van der Waals surface area contributed by atoms with Crippen LogP contribution in [0.2, 0.25) is 0 Å². The van der Waals surface area contributed by atoms with Crippen LogP contribution in [0.3, 0.4) is 0 Å². The molecule has 16 heteroatoms. The van der Waals surface area contributed by atoms with Gasteiger partial charge in [-0.2, -0.15) is 0 Å². The minimum absolute atomic E-state index is 0. The molecule has 2 atom stereocenters. The summed E-state index contributed by atoms with van der Waals surface area (Å²) in [6, 6.07) is -0.693. The summed E-state index contributed by atoms with van der Waals surface area (Å²) in [6.07, 6.45) is 1.61. The van der Waals surface area contributed by atoms with Crippen LogP contribution < -0.4 is 40.0 Å². The quantitative estimate of drug-likeness (QED) is 0.285. The van der Waals surface area contributed by atoms with Gasteiger partial charge in [-0.05, 0) is 22.9 Å². The van der Waals surface area contributed by atoms with Crippen molar-refractivity contribution in [1.29, 1.82) is 0 Å². The van der Waals surface area contributed by atoms with Crippen molar-refractivity contribution in [3.05, 3.63) is 22.6 Å². The number of carboxylic acids is 1. The summed E-state index contributed by atoms with van der Waals surface area (Å²) in [5, 5.41) is 33.8. The number of aliphatic carboxylic acids is 1. The molecule has 1 saturated heterocycles. The fourth-order valence-corrected chi connectivity index (χ4v) is 6.60. The van der Waals surface area contributed by atoms with E-state index in [1.165, 1.54) is 34.1 Å². The molecule has 32 heavy (non-hydrogen) atoms. The number of carbonyl (C=O) groups is 3. The molecule has 1 fully saturated rings. The number of nitrogens with one attached hydrogen (secondary N) is 1. The number of aryl methyl sites for hydroxylation is 1. The average Bonchev–Trinajstić information content (AvgIpc) is 3.38. The zero-order valence-corrected chi connectivity index (χ0v) is 21.7. The molecule has 0 unspecified atom stereocenters. The second-order valence-corrected chi connectivity index (χ2v) is 10.4. The molecule has 1 N–H and O–H groups in total. The van der Waals surface area contributed by atoms with Gasteiger partial charge in [-0.15, -0.1) is 27.1 Å². The number of carbonyl (C=O) groups excluding carboxylic acids is 3. The van der Waals surface area contributed by atoms with Crippen molar-refractivity contribution in [3.63, 3.8) is 0 Å². The maximum atomic E-state index is 12.7.